The molecule has 0 aliphatic carbocycles. The van der Waals surface area contributed by atoms with Crippen molar-refractivity contribution in [1.29, 1.82) is 0 Å². The first-order valence-corrected chi connectivity index (χ1v) is 14.7. The number of rotatable bonds is 6. The van der Waals surface area contributed by atoms with Crippen LogP contribution in [-0.4, -0.2) is 20.0 Å². The van der Waals surface area contributed by atoms with E-state index in [9.17, 15) is 4.79 Å². The maximum absolute atomic E-state index is 14.0. The first kappa shape index (κ1) is 26.0. The van der Waals surface area contributed by atoms with E-state index in [1.165, 1.54) is 10.9 Å². The molecule has 1 aliphatic heterocycles. The van der Waals surface area contributed by atoms with Gasteiger partial charge in [0.15, 0.2) is 0 Å². The van der Waals surface area contributed by atoms with Crippen LogP contribution in [0.5, 0.6) is 0 Å². The molecule has 206 valence electrons. The Hall–Kier alpha value is -4.96. The molecule has 1 aliphatic rings. The Morgan fingerprint density at radius 1 is 0.762 bits per heavy atom. The molecule has 3 heterocycles. The van der Waals surface area contributed by atoms with Gasteiger partial charge < -0.3 is 4.57 Å². The number of nitrogens with zero attached hydrogens (tertiary/aromatic N) is 3. The fourth-order valence-corrected chi connectivity index (χ4v) is 6.91. The first-order chi connectivity index (χ1) is 20.6. The summed E-state index contributed by atoms with van der Waals surface area (Å²) in [6.07, 6.45) is 6.42. The standard InChI is InChI=1S/C38H33N3O/c1-3-32-33-21-13-14-22-35(33)41-36(32)24-23-28(37(41)42)25-34-27(2)40(26-39-34)38(29-15-7-4-8-16-29,30-17-9-5-10-18-30)31-19-11-6-12-20-31/h4-22,25-26H,3,23-24H2,1-2H3/b28-25+. The van der Waals surface area contributed by atoms with E-state index < -0.39 is 5.54 Å². The van der Waals surface area contributed by atoms with E-state index in [1.54, 1.807) is 0 Å². The fraction of sp³-hybridized carbons (Fsp3) is 0.158. The normalized spacial score (nSPS) is 14.4. The van der Waals surface area contributed by atoms with Gasteiger partial charge in [-0.05, 0) is 60.6 Å². The second kappa shape index (κ2) is 10.5. The van der Waals surface area contributed by atoms with Gasteiger partial charge in [0.05, 0.1) is 17.5 Å². The van der Waals surface area contributed by atoms with Crippen molar-refractivity contribution >= 4 is 22.9 Å². The Labute approximate surface area is 246 Å². The van der Waals surface area contributed by atoms with Crippen LogP contribution in [0.3, 0.4) is 0 Å². The van der Waals surface area contributed by atoms with Gasteiger partial charge in [-0.2, -0.15) is 0 Å². The van der Waals surface area contributed by atoms with Gasteiger partial charge in [-0.15, -0.1) is 0 Å². The Bertz CT molecular complexity index is 1830. The van der Waals surface area contributed by atoms with Gasteiger partial charge in [0.1, 0.15) is 5.54 Å². The predicted molar refractivity (Wildman–Crippen MR) is 170 cm³/mol. The lowest BCUT2D eigenvalue weighted by atomic mass is 9.76. The number of imidazole rings is 1. The summed E-state index contributed by atoms with van der Waals surface area (Å²) in [6.45, 7) is 4.29. The van der Waals surface area contributed by atoms with Crippen LogP contribution in [0.1, 0.15) is 57.5 Å². The number of fused-ring (bicyclic) bond motifs is 3. The van der Waals surface area contributed by atoms with Gasteiger partial charge >= 0.3 is 0 Å². The predicted octanol–water partition coefficient (Wildman–Crippen LogP) is 8.22. The molecule has 2 aromatic heterocycles. The summed E-state index contributed by atoms with van der Waals surface area (Å²) in [6, 6.07) is 40.1. The molecule has 42 heavy (non-hydrogen) atoms. The number of hydrogen-bond donors (Lipinski definition) is 0. The lowest BCUT2D eigenvalue weighted by Crippen LogP contribution is -2.38. The molecule has 0 atom stereocenters. The van der Waals surface area contributed by atoms with Crippen LogP contribution in [0, 0.1) is 6.92 Å². The quantitative estimate of drug-likeness (QED) is 0.156. The number of para-hydroxylation sites is 1. The summed E-state index contributed by atoms with van der Waals surface area (Å²) in [5.74, 6) is 0.0570. The molecule has 4 aromatic carbocycles. The molecule has 0 amide bonds. The molecule has 0 bridgehead atoms. The minimum atomic E-state index is -0.645. The third-order valence-corrected chi connectivity index (χ3v) is 8.84. The average Bonchev–Trinajstić information content (AvgIpc) is 3.58. The Balaban J connectivity index is 1.41. The number of benzene rings is 4. The number of carbonyl (C=O) groups is 1. The van der Waals surface area contributed by atoms with Gasteiger partial charge in [0.2, 0.25) is 0 Å². The molecule has 4 heteroatoms. The lowest BCUT2D eigenvalue weighted by molar-refractivity contribution is 0.0946. The van der Waals surface area contributed by atoms with E-state index in [0.29, 0.717) is 6.42 Å². The molecule has 4 nitrogen and oxygen atoms in total. The van der Waals surface area contributed by atoms with E-state index in [-0.39, 0.29) is 5.91 Å². The average molecular weight is 548 g/mol. The minimum Gasteiger partial charge on any atom is -0.316 e. The maximum atomic E-state index is 14.0. The monoisotopic (exact) mass is 547 g/mol. The smallest absolute Gasteiger partial charge is 0.258 e. The van der Waals surface area contributed by atoms with Crippen molar-refractivity contribution in [1.82, 2.24) is 14.1 Å². The first-order valence-electron chi connectivity index (χ1n) is 14.7. The van der Waals surface area contributed by atoms with E-state index in [2.05, 4.69) is 128 Å². The van der Waals surface area contributed by atoms with Crippen LogP contribution in [0.15, 0.2) is 127 Å². The van der Waals surface area contributed by atoms with Crippen LogP contribution < -0.4 is 0 Å². The SMILES string of the molecule is CCc1c2n(c3ccccc13)C(=O)/C(=C/c1ncn(C(c3ccccc3)(c3ccccc3)c3ccccc3)c1C)CC2. The van der Waals surface area contributed by atoms with Crippen molar-refractivity contribution in [3.8, 4) is 0 Å². The summed E-state index contributed by atoms with van der Waals surface area (Å²) in [7, 11) is 0. The minimum absolute atomic E-state index is 0.0570. The molecule has 0 saturated heterocycles. The Kier molecular flexibility index (Phi) is 6.47. The maximum Gasteiger partial charge on any atom is 0.258 e. The van der Waals surface area contributed by atoms with E-state index >= 15 is 0 Å². The number of aromatic nitrogens is 3. The van der Waals surface area contributed by atoms with Crippen LogP contribution >= 0.6 is 0 Å². The zero-order valence-corrected chi connectivity index (χ0v) is 24.0. The molecule has 0 spiro atoms. The van der Waals surface area contributed by atoms with Crippen molar-refractivity contribution in [2.24, 2.45) is 0 Å². The molecule has 0 saturated carbocycles. The molecule has 0 fully saturated rings. The molecular weight excluding hydrogens is 514 g/mol. The van der Waals surface area contributed by atoms with Crippen LogP contribution in [0.2, 0.25) is 0 Å². The highest BCUT2D eigenvalue weighted by Gasteiger charge is 2.39. The van der Waals surface area contributed by atoms with Gasteiger partial charge in [-0.3, -0.25) is 9.36 Å². The second-order valence-corrected chi connectivity index (χ2v) is 11.0. The lowest BCUT2D eigenvalue weighted by Gasteiger charge is -2.38. The van der Waals surface area contributed by atoms with Crippen molar-refractivity contribution in [3.05, 3.63) is 166 Å². The molecule has 0 unspecified atom stereocenters. The van der Waals surface area contributed by atoms with E-state index in [0.717, 1.165) is 57.7 Å². The summed E-state index contributed by atoms with van der Waals surface area (Å²) >= 11 is 0. The fourth-order valence-electron chi connectivity index (χ4n) is 6.91. The number of allylic oxidation sites excluding steroid dienone is 1. The molecule has 7 rings (SSSR count). The number of hydrogen-bond acceptors (Lipinski definition) is 2. The molecule has 0 radical (unpaired) electrons. The van der Waals surface area contributed by atoms with Gasteiger partial charge in [0.25, 0.3) is 5.91 Å². The summed E-state index contributed by atoms with van der Waals surface area (Å²) in [5, 5.41) is 1.18. The van der Waals surface area contributed by atoms with Crippen molar-refractivity contribution in [3.63, 3.8) is 0 Å². The van der Waals surface area contributed by atoms with Crippen LogP contribution in [-0.2, 0) is 18.4 Å². The Morgan fingerprint density at radius 2 is 1.31 bits per heavy atom. The summed E-state index contributed by atoms with van der Waals surface area (Å²) < 4.78 is 4.22. The second-order valence-electron chi connectivity index (χ2n) is 11.0. The number of carbonyl (C=O) groups excluding carboxylic acids is 1. The zero-order chi connectivity index (χ0) is 28.7. The molecule has 6 aromatic rings. The van der Waals surface area contributed by atoms with Crippen molar-refractivity contribution < 1.29 is 4.79 Å². The topological polar surface area (TPSA) is 39.8 Å². The zero-order valence-electron chi connectivity index (χ0n) is 24.0. The van der Waals surface area contributed by atoms with Crippen LogP contribution in [0.25, 0.3) is 17.0 Å². The third-order valence-electron chi connectivity index (χ3n) is 8.84. The van der Waals surface area contributed by atoms with Gasteiger partial charge in [0, 0.05) is 22.3 Å². The van der Waals surface area contributed by atoms with Crippen molar-refractivity contribution in [2.45, 2.75) is 38.6 Å². The highest BCUT2D eigenvalue weighted by Crippen LogP contribution is 2.42. The Morgan fingerprint density at radius 3 is 1.88 bits per heavy atom. The summed E-state index contributed by atoms with van der Waals surface area (Å²) in [4.78, 5) is 19.0. The largest absolute Gasteiger partial charge is 0.316 e. The van der Waals surface area contributed by atoms with Crippen molar-refractivity contribution in [2.75, 3.05) is 0 Å². The third kappa shape index (κ3) is 3.90. The molecular formula is C38H33N3O. The highest BCUT2D eigenvalue weighted by atomic mass is 16.2. The van der Waals surface area contributed by atoms with Gasteiger partial charge in [-0.25, -0.2) is 4.98 Å². The molecule has 0 N–H and O–H groups in total. The highest BCUT2D eigenvalue weighted by molar-refractivity contribution is 6.07. The number of aryl methyl sites for hydroxylation is 1. The van der Waals surface area contributed by atoms with Gasteiger partial charge in [-0.1, -0.05) is 116 Å². The van der Waals surface area contributed by atoms with E-state index in [1.807, 2.05) is 23.0 Å². The van der Waals surface area contributed by atoms with E-state index in [4.69, 9.17) is 4.98 Å². The van der Waals surface area contributed by atoms with Crippen LogP contribution in [0.4, 0.5) is 0 Å². The summed E-state index contributed by atoms with van der Waals surface area (Å²) in [5.41, 5.74) is 8.85.